The van der Waals surface area contributed by atoms with Crippen LogP contribution in [-0.4, -0.2) is 50.5 Å². The second kappa shape index (κ2) is 10.3. The Hall–Kier alpha value is -2.32. The lowest BCUT2D eigenvalue weighted by Crippen LogP contribution is -2.43. The van der Waals surface area contributed by atoms with Crippen molar-refractivity contribution in [3.05, 3.63) is 41.0 Å². The van der Waals surface area contributed by atoms with E-state index in [1.54, 1.807) is 11.8 Å². The fourth-order valence-corrected chi connectivity index (χ4v) is 6.18. The molecule has 2 aromatic heterocycles. The average molecular weight is 513 g/mol. The highest BCUT2D eigenvalue weighted by atomic mass is 35.5. The zero-order chi connectivity index (χ0) is 24.4. The molecule has 35 heavy (non-hydrogen) atoms. The Kier molecular flexibility index (Phi) is 7.21. The van der Waals surface area contributed by atoms with Gasteiger partial charge < -0.3 is 10.2 Å². The minimum atomic E-state index is -0.469. The van der Waals surface area contributed by atoms with Gasteiger partial charge >= 0.3 is 0 Å². The summed E-state index contributed by atoms with van der Waals surface area (Å²) in [6.07, 6.45) is 8.11. The van der Waals surface area contributed by atoms with Crippen LogP contribution in [0.4, 0.5) is 5.82 Å². The van der Waals surface area contributed by atoms with Crippen LogP contribution in [0.1, 0.15) is 57.9 Å². The number of fused-ring (bicyclic) bond motifs is 1. The first-order valence-corrected chi connectivity index (χ1v) is 13.9. The van der Waals surface area contributed by atoms with E-state index in [2.05, 4.69) is 29.2 Å². The van der Waals surface area contributed by atoms with Gasteiger partial charge in [-0.1, -0.05) is 62.2 Å². The second-order valence-corrected chi connectivity index (χ2v) is 11.8. The van der Waals surface area contributed by atoms with E-state index < -0.39 is 5.41 Å². The third-order valence-corrected chi connectivity index (χ3v) is 8.22. The van der Waals surface area contributed by atoms with Crippen LogP contribution in [0.25, 0.3) is 11.0 Å². The number of anilines is 1. The molecule has 0 atom stereocenters. The first-order valence-electron chi connectivity index (χ1n) is 12.7. The number of benzene rings is 1. The van der Waals surface area contributed by atoms with Gasteiger partial charge in [0.05, 0.1) is 23.5 Å². The maximum Gasteiger partial charge on any atom is 0.230 e. The molecule has 1 amide bonds. The number of hydrogen-bond donors (Lipinski definition) is 1. The fourth-order valence-electron chi connectivity index (χ4n) is 5.36. The molecule has 0 unspecified atom stereocenters. The molecule has 186 valence electrons. The van der Waals surface area contributed by atoms with Crippen LogP contribution in [-0.2, 0) is 16.8 Å². The van der Waals surface area contributed by atoms with Crippen LogP contribution in [0.5, 0.6) is 0 Å². The monoisotopic (exact) mass is 512 g/mol. The molecule has 1 aliphatic carbocycles. The van der Waals surface area contributed by atoms with Gasteiger partial charge in [0.25, 0.3) is 0 Å². The van der Waals surface area contributed by atoms with Gasteiger partial charge in [-0.2, -0.15) is 5.10 Å². The number of thioether (sulfide) groups is 1. The van der Waals surface area contributed by atoms with E-state index in [4.69, 9.17) is 21.6 Å². The molecular weight excluding hydrogens is 480 g/mol. The van der Waals surface area contributed by atoms with Crippen molar-refractivity contribution in [2.45, 2.75) is 74.7 Å². The average Bonchev–Trinajstić information content (AvgIpc) is 3.60. The summed E-state index contributed by atoms with van der Waals surface area (Å²) in [5.74, 6) is 1.08. The highest BCUT2D eigenvalue weighted by molar-refractivity contribution is 7.99. The van der Waals surface area contributed by atoms with Crippen molar-refractivity contribution in [1.29, 1.82) is 0 Å². The van der Waals surface area contributed by atoms with Gasteiger partial charge in [0.1, 0.15) is 5.82 Å². The predicted octanol–water partition coefficient (Wildman–Crippen LogP) is 5.21. The normalized spacial score (nSPS) is 17.5. The van der Waals surface area contributed by atoms with E-state index in [1.807, 2.05) is 35.1 Å². The number of nitrogens with one attached hydrogen (secondary N) is 1. The maximum atomic E-state index is 13.4. The molecule has 9 heteroatoms. The van der Waals surface area contributed by atoms with Crippen LogP contribution in [0.2, 0.25) is 5.02 Å². The van der Waals surface area contributed by atoms with Gasteiger partial charge in [-0.25, -0.2) is 14.6 Å². The SMILES string of the molecule is CC(C)Sc1nc(N2CCCC2)c2cnn(CCNC(=O)C3(c4ccc(Cl)cc4)CCCC3)c2n1. The summed E-state index contributed by atoms with van der Waals surface area (Å²) in [4.78, 5) is 25.5. The number of hydrogen-bond acceptors (Lipinski definition) is 6. The van der Waals surface area contributed by atoms with E-state index in [9.17, 15) is 4.79 Å². The largest absolute Gasteiger partial charge is 0.356 e. The summed E-state index contributed by atoms with van der Waals surface area (Å²) < 4.78 is 1.91. The van der Waals surface area contributed by atoms with Crippen LogP contribution in [0.3, 0.4) is 0 Å². The topological polar surface area (TPSA) is 75.9 Å². The molecule has 1 aromatic carbocycles. The molecule has 7 nitrogen and oxygen atoms in total. The molecule has 1 saturated heterocycles. The molecule has 1 N–H and O–H groups in total. The molecule has 2 fully saturated rings. The fraction of sp³-hybridized carbons (Fsp3) is 0.538. The van der Waals surface area contributed by atoms with Crippen molar-refractivity contribution in [3.63, 3.8) is 0 Å². The van der Waals surface area contributed by atoms with Crippen LogP contribution in [0.15, 0.2) is 35.6 Å². The van der Waals surface area contributed by atoms with E-state index in [0.29, 0.717) is 23.4 Å². The lowest BCUT2D eigenvalue weighted by atomic mass is 9.78. The van der Waals surface area contributed by atoms with Crippen molar-refractivity contribution < 1.29 is 4.79 Å². The summed E-state index contributed by atoms with van der Waals surface area (Å²) in [7, 11) is 0. The Morgan fingerprint density at radius 3 is 2.51 bits per heavy atom. The quantitative estimate of drug-likeness (QED) is 0.330. The third kappa shape index (κ3) is 5.00. The summed E-state index contributed by atoms with van der Waals surface area (Å²) in [5, 5.41) is 10.7. The van der Waals surface area contributed by atoms with Gasteiger partial charge in [0.2, 0.25) is 5.91 Å². The van der Waals surface area contributed by atoms with E-state index >= 15 is 0 Å². The Balaban J connectivity index is 1.34. The van der Waals surface area contributed by atoms with Crippen molar-refractivity contribution in [1.82, 2.24) is 25.1 Å². The molecule has 3 aromatic rings. The lowest BCUT2D eigenvalue weighted by molar-refractivity contribution is -0.126. The summed E-state index contributed by atoms with van der Waals surface area (Å²) >= 11 is 7.77. The summed E-state index contributed by atoms with van der Waals surface area (Å²) in [6.45, 7) is 7.41. The number of nitrogens with zero attached hydrogens (tertiary/aromatic N) is 5. The Morgan fingerprint density at radius 1 is 1.11 bits per heavy atom. The molecule has 1 saturated carbocycles. The molecule has 0 spiro atoms. The number of amides is 1. The zero-order valence-electron chi connectivity index (χ0n) is 20.5. The van der Waals surface area contributed by atoms with Crippen molar-refractivity contribution >= 4 is 46.1 Å². The smallest absolute Gasteiger partial charge is 0.230 e. The molecule has 0 bridgehead atoms. The molecule has 1 aliphatic heterocycles. The molecule has 0 radical (unpaired) electrons. The standard InChI is InChI=1S/C26H33ClN6OS/c1-18(2)35-25-30-22(32-14-5-6-15-32)21-17-29-33(23(21)31-25)16-13-28-24(34)26(11-3-4-12-26)19-7-9-20(27)10-8-19/h7-10,17-18H,3-6,11-16H2,1-2H3,(H,28,34). The van der Waals surface area contributed by atoms with Crippen molar-refractivity contribution in [3.8, 4) is 0 Å². The number of aromatic nitrogens is 4. The molecule has 2 aliphatic rings. The van der Waals surface area contributed by atoms with E-state index in [1.165, 1.54) is 12.8 Å². The minimum absolute atomic E-state index is 0.0946. The Morgan fingerprint density at radius 2 is 1.83 bits per heavy atom. The molecular formula is C26H33ClN6OS. The highest BCUT2D eigenvalue weighted by Crippen LogP contribution is 2.41. The first-order chi connectivity index (χ1) is 17.0. The Bertz CT molecular complexity index is 1180. The highest BCUT2D eigenvalue weighted by Gasteiger charge is 2.42. The number of rotatable bonds is 8. The van der Waals surface area contributed by atoms with Crippen LogP contribution >= 0.6 is 23.4 Å². The van der Waals surface area contributed by atoms with Gasteiger partial charge in [-0.05, 0) is 43.4 Å². The summed E-state index contributed by atoms with van der Waals surface area (Å²) in [6, 6.07) is 7.76. The van der Waals surface area contributed by atoms with Crippen LogP contribution < -0.4 is 10.2 Å². The summed E-state index contributed by atoms with van der Waals surface area (Å²) in [5.41, 5.74) is 1.43. The number of carbonyl (C=O) groups excluding carboxylic acids is 1. The zero-order valence-corrected chi connectivity index (χ0v) is 22.0. The Labute approximate surface area is 216 Å². The predicted molar refractivity (Wildman–Crippen MR) is 142 cm³/mol. The minimum Gasteiger partial charge on any atom is -0.356 e. The van der Waals surface area contributed by atoms with E-state index in [-0.39, 0.29) is 5.91 Å². The van der Waals surface area contributed by atoms with Gasteiger partial charge in [-0.15, -0.1) is 0 Å². The third-order valence-electron chi connectivity index (χ3n) is 7.10. The van der Waals surface area contributed by atoms with Crippen molar-refractivity contribution in [2.75, 3.05) is 24.5 Å². The van der Waals surface area contributed by atoms with Gasteiger partial charge in [-0.3, -0.25) is 4.79 Å². The lowest BCUT2D eigenvalue weighted by Gasteiger charge is -2.28. The van der Waals surface area contributed by atoms with Gasteiger partial charge in [0.15, 0.2) is 10.8 Å². The first kappa shape index (κ1) is 24.4. The second-order valence-electron chi connectivity index (χ2n) is 9.85. The molecule has 3 heterocycles. The van der Waals surface area contributed by atoms with Crippen molar-refractivity contribution in [2.24, 2.45) is 0 Å². The van der Waals surface area contributed by atoms with Crippen LogP contribution in [0, 0.1) is 0 Å². The maximum absolute atomic E-state index is 13.4. The molecule has 5 rings (SSSR count). The van der Waals surface area contributed by atoms with Gasteiger partial charge in [0, 0.05) is 29.9 Å². The number of carbonyl (C=O) groups is 1. The number of halogens is 1. The van der Waals surface area contributed by atoms with E-state index in [0.717, 1.165) is 66.3 Å².